The molecule has 2 rings (SSSR count). The van der Waals surface area contributed by atoms with Gasteiger partial charge in [0.1, 0.15) is 0 Å². The number of fused-ring (bicyclic) bond motifs is 1. The summed E-state index contributed by atoms with van der Waals surface area (Å²) < 4.78 is 2.29. The van der Waals surface area contributed by atoms with Crippen LogP contribution in [0.1, 0.15) is 9.67 Å². The highest BCUT2D eigenvalue weighted by Crippen LogP contribution is 2.29. The number of carbonyl (C=O) groups is 1. The Labute approximate surface area is 82.9 Å². The van der Waals surface area contributed by atoms with Crippen LogP contribution in [0.3, 0.4) is 0 Å². The molecule has 0 aromatic carbocycles. The van der Waals surface area contributed by atoms with Gasteiger partial charge in [0.05, 0.1) is 12.0 Å². The van der Waals surface area contributed by atoms with E-state index in [4.69, 9.17) is 0 Å². The van der Waals surface area contributed by atoms with Gasteiger partial charge in [-0.1, -0.05) is 0 Å². The van der Waals surface area contributed by atoms with Crippen molar-refractivity contribution in [3.63, 3.8) is 0 Å². The van der Waals surface area contributed by atoms with E-state index in [0.717, 1.165) is 9.40 Å². The second kappa shape index (κ2) is 3.45. The van der Waals surface area contributed by atoms with Crippen LogP contribution in [-0.4, -0.2) is 13.0 Å². The Bertz CT molecular complexity index is 403. The summed E-state index contributed by atoms with van der Waals surface area (Å²) in [5.41, 5.74) is 2.29. The van der Waals surface area contributed by atoms with Gasteiger partial charge in [0.15, 0.2) is 0 Å². The molecule has 1 N–H and O–H groups in total. The Kier molecular flexibility index (Phi) is 2.30. The number of rotatable bonds is 2. The first kappa shape index (κ1) is 8.68. The molecular weight excluding hydrogens is 206 g/mol. The fraction of sp³-hybridized carbons (Fsp3) is 0.125. The van der Waals surface area contributed by atoms with Crippen molar-refractivity contribution < 1.29 is 9.63 Å². The summed E-state index contributed by atoms with van der Waals surface area (Å²) in [5, 5.41) is 2.01. The molecule has 0 radical (unpaired) electrons. The molecule has 0 unspecified atom stereocenters. The zero-order valence-electron chi connectivity index (χ0n) is 6.87. The molecule has 0 saturated heterocycles. The molecule has 0 fully saturated rings. The van der Waals surface area contributed by atoms with Gasteiger partial charge in [-0.05, 0) is 17.5 Å². The minimum absolute atomic E-state index is 0.184. The summed E-state index contributed by atoms with van der Waals surface area (Å²) in [6.07, 6.45) is 0. The number of hydroxylamine groups is 1. The molecule has 3 nitrogen and oxygen atoms in total. The van der Waals surface area contributed by atoms with Crippen molar-refractivity contribution in [1.29, 1.82) is 0 Å². The lowest BCUT2D eigenvalue weighted by molar-refractivity contribution is 0.0542. The van der Waals surface area contributed by atoms with Crippen molar-refractivity contribution in [3.05, 3.63) is 22.4 Å². The number of hydrogen-bond acceptors (Lipinski definition) is 4. The highest BCUT2D eigenvalue weighted by atomic mass is 32.1. The lowest BCUT2D eigenvalue weighted by Crippen LogP contribution is -2.20. The van der Waals surface area contributed by atoms with Crippen molar-refractivity contribution in [3.8, 4) is 0 Å². The first-order valence-electron chi connectivity index (χ1n) is 3.61. The molecule has 0 spiro atoms. The SMILES string of the molecule is CONC(=O)c1cc2sccc2s1. The average Bonchev–Trinajstić information content (AvgIpc) is 2.61. The van der Waals surface area contributed by atoms with Crippen LogP contribution in [-0.2, 0) is 4.84 Å². The molecule has 0 aliphatic carbocycles. The van der Waals surface area contributed by atoms with Crippen LogP contribution in [0.4, 0.5) is 0 Å². The molecule has 13 heavy (non-hydrogen) atoms. The van der Waals surface area contributed by atoms with Crippen molar-refractivity contribution in [2.24, 2.45) is 0 Å². The fourth-order valence-electron chi connectivity index (χ4n) is 1.02. The summed E-state index contributed by atoms with van der Waals surface area (Å²) in [7, 11) is 1.42. The van der Waals surface area contributed by atoms with Gasteiger partial charge in [0.2, 0.25) is 0 Å². The molecule has 2 aromatic rings. The molecule has 0 bridgehead atoms. The Balaban J connectivity index is 2.34. The maximum absolute atomic E-state index is 11.3. The standard InChI is InChI=1S/C8H7NO2S2/c1-11-9-8(10)7-4-6-5(13-7)2-3-12-6/h2-4H,1H3,(H,9,10). The molecule has 0 aliphatic rings. The van der Waals surface area contributed by atoms with Crippen LogP contribution in [0.5, 0.6) is 0 Å². The first-order chi connectivity index (χ1) is 6.31. The molecule has 0 atom stereocenters. The number of carbonyl (C=O) groups excluding carboxylic acids is 1. The van der Waals surface area contributed by atoms with Crippen LogP contribution < -0.4 is 5.48 Å². The van der Waals surface area contributed by atoms with Gasteiger partial charge in [-0.25, -0.2) is 5.48 Å². The summed E-state index contributed by atoms with van der Waals surface area (Å²) >= 11 is 3.10. The molecule has 68 valence electrons. The number of nitrogens with one attached hydrogen (secondary N) is 1. The van der Waals surface area contributed by atoms with Crippen molar-refractivity contribution >= 4 is 38.0 Å². The Hall–Kier alpha value is -0.910. The van der Waals surface area contributed by atoms with E-state index in [1.54, 1.807) is 11.3 Å². The van der Waals surface area contributed by atoms with Crippen molar-refractivity contribution in [1.82, 2.24) is 5.48 Å². The molecule has 5 heteroatoms. The predicted octanol–water partition coefficient (Wildman–Crippen LogP) is 2.25. The van der Waals surface area contributed by atoms with E-state index < -0.39 is 0 Å². The second-order valence-corrected chi connectivity index (χ2v) is 4.43. The minimum Gasteiger partial charge on any atom is -0.277 e. The molecular formula is C8H7NO2S2. The second-order valence-electron chi connectivity index (χ2n) is 2.40. The lowest BCUT2D eigenvalue weighted by Gasteiger charge is -1.96. The largest absolute Gasteiger partial charge is 0.284 e. The van der Waals surface area contributed by atoms with Crippen LogP contribution in [0, 0.1) is 0 Å². The van der Waals surface area contributed by atoms with E-state index >= 15 is 0 Å². The zero-order chi connectivity index (χ0) is 9.26. The number of amides is 1. The third-order valence-electron chi connectivity index (χ3n) is 1.56. The highest BCUT2D eigenvalue weighted by molar-refractivity contribution is 7.27. The summed E-state index contributed by atoms with van der Waals surface area (Å²) in [6, 6.07) is 3.88. The molecule has 0 aliphatic heterocycles. The van der Waals surface area contributed by atoms with E-state index in [1.807, 2.05) is 17.5 Å². The maximum atomic E-state index is 11.3. The molecule has 0 saturated carbocycles. The maximum Gasteiger partial charge on any atom is 0.284 e. The third-order valence-corrected chi connectivity index (χ3v) is 3.65. The molecule has 1 amide bonds. The van der Waals surface area contributed by atoms with E-state index in [0.29, 0.717) is 4.88 Å². The fourth-order valence-corrected chi connectivity index (χ4v) is 3.02. The zero-order valence-corrected chi connectivity index (χ0v) is 8.50. The van der Waals surface area contributed by atoms with Gasteiger partial charge >= 0.3 is 0 Å². The van der Waals surface area contributed by atoms with Gasteiger partial charge in [0, 0.05) is 9.40 Å². The molecule has 2 heterocycles. The number of hydrogen-bond donors (Lipinski definition) is 1. The van der Waals surface area contributed by atoms with Gasteiger partial charge in [0.25, 0.3) is 5.91 Å². The van der Waals surface area contributed by atoms with E-state index in [9.17, 15) is 4.79 Å². The normalized spacial score (nSPS) is 10.5. The topological polar surface area (TPSA) is 38.3 Å². The van der Waals surface area contributed by atoms with E-state index in [1.165, 1.54) is 18.4 Å². The first-order valence-corrected chi connectivity index (χ1v) is 5.31. The van der Waals surface area contributed by atoms with Crippen LogP contribution >= 0.6 is 22.7 Å². The summed E-state index contributed by atoms with van der Waals surface area (Å²) in [5.74, 6) is -0.184. The number of thiophene rings is 2. The third kappa shape index (κ3) is 1.58. The highest BCUT2D eigenvalue weighted by Gasteiger charge is 2.09. The lowest BCUT2D eigenvalue weighted by atomic mass is 10.4. The van der Waals surface area contributed by atoms with Crippen molar-refractivity contribution in [2.75, 3.05) is 7.11 Å². The Morgan fingerprint density at radius 2 is 2.38 bits per heavy atom. The van der Waals surface area contributed by atoms with Gasteiger partial charge in [-0.3, -0.25) is 9.63 Å². The smallest absolute Gasteiger partial charge is 0.277 e. The predicted molar refractivity (Wildman–Crippen MR) is 54.2 cm³/mol. The summed E-state index contributed by atoms with van der Waals surface area (Å²) in [6.45, 7) is 0. The average molecular weight is 213 g/mol. The van der Waals surface area contributed by atoms with Gasteiger partial charge in [-0.2, -0.15) is 0 Å². The van der Waals surface area contributed by atoms with Crippen LogP contribution in [0.25, 0.3) is 9.40 Å². The van der Waals surface area contributed by atoms with E-state index in [2.05, 4.69) is 10.3 Å². The Morgan fingerprint density at radius 1 is 1.54 bits per heavy atom. The van der Waals surface area contributed by atoms with Crippen LogP contribution in [0.2, 0.25) is 0 Å². The van der Waals surface area contributed by atoms with Crippen molar-refractivity contribution in [2.45, 2.75) is 0 Å². The van der Waals surface area contributed by atoms with Crippen LogP contribution in [0.15, 0.2) is 17.5 Å². The van der Waals surface area contributed by atoms with Gasteiger partial charge < -0.3 is 0 Å². The summed E-state index contributed by atoms with van der Waals surface area (Å²) in [4.78, 5) is 16.5. The van der Waals surface area contributed by atoms with E-state index in [-0.39, 0.29) is 5.91 Å². The molecule has 2 aromatic heterocycles. The monoisotopic (exact) mass is 213 g/mol. The quantitative estimate of drug-likeness (QED) is 0.777. The Morgan fingerprint density at radius 3 is 3.08 bits per heavy atom. The van der Waals surface area contributed by atoms with Gasteiger partial charge in [-0.15, -0.1) is 22.7 Å². The minimum atomic E-state index is -0.184.